The lowest BCUT2D eigenvalue weighted by Gasteiger charge is -2.36. The fourth-order valence-corrected chi connectivity index (χ4v) is 7.88. The molecule has 1 amide bonds. The molecule has 0 unspecified atom stereocenters. The van der Waals surface area contributed by atoms with Crippen molar-refractivity contribution in [3.8, 4) is 28.2 Å². The van der Waals surface area contributed by atoms with Gasteiger partial charge in [0.2, 0.25) is 23.8 Å². The van der Waals surface area contributed by atoms with Gasteiger partial charge in [0.1, 0.15) is 23.1 Å². The Morgan fingerprint density at radius 3 is 2.38 bits per heavy atom. The Balaban J connectivity index is 1.07. The highest BCUT2D eigenvalue weighted by atomic mass is 16.5. The van der Waals surface area contributed by atoms with Crippen LogP contribution in [0.25, 0.3) is 33.4 Å². The molecule has 0 radical (unpaired) electrons. The predicted octanol–water partition coefficient (Wildman–Crippen LogP) is 4.69. The molecule has 18 nitrogen and oxygen atoms in total. The molecule has 61 heavy (non-hydrogen) atoms. The molecule has 4 aliphatic rings. The molecule has 18 heteroatoms. The predicted molar refractivity (Wildman–Crippen MR) is 229 cm³/mol. The molecule has 0 spiro atoms. The molecule has 318 valence electrons. The zero-order valence-corrected chi connectivity index (χ0v) is 34.0. The van der Waals surface area contributed by atoms with Crippen LogP contribution in [0, 0.1) is 0 Å². The molecule has 0 saturated carbocycles. The van der Waals surface area contributed by atoms with Crippen LogP contribution in [0.4, 0.5) is 23.5 Å². The minimum Gasteiger partial charge on any atom is -0.508 e. The lowest BCUT2D eigenvalue weighted by atomic mass is 9.90. The number of carboxylic acid groups (broad SMARTS) is 1. The number of aryl methyl sites for hydroxylation is 1. The third-order valence-electron chi connectivity index (χ3n) is 11.1. The van der Waals surface area contributed by atoms with E-state index in [2.05, 4.69) is 22.6 Å². The minimum atomic E-state index is -1.18. The van der Waals surface area contributed by atoms with Crippen LogP contribution in [0.3, 0.4) is 0 Å². The van der Waals surface area contributed by atoms with Crippen LogP contribution in [0.1, 0.15) is 61.1 Å². The van der Waals surface area contributed by atoms with Crippen molar-refractivity contribution in [1.29, 1.82) is 0 Å². The maximum atomic E-state index is 14.1. The third-order valence-corrected chi connectivity index (χ3v) is 11.1. The lowest BCUT2D eigenvalue weighted by Crippen LogP contribution is -2.51. The first-order valence-corrected chi connectivity index (χ1v) is 20.8. The molecular formula is C43H49N11O7. The monoisotopic (exact) mass is 831 g/mol. The number of aromatic carboxylic acids is 1. The number of hydrogen-bond acceptors (Lipinski definition) is 15. The summed E-state index contributed by atoms with van der Waals surface area (Å²) in [6.45, 7) is 6.70. The topological polar surface area (TPSA) is 231 Å². The van der Waals surface area contributed by atoms with Gasteiger partial charge in [-0.15, -0.1) is 5.10 Å². The molecule has 5 heterocycles. The highest BCUT2D eigenvalue weighted by molar-refractivity contribution is 6.08. The number of aromatic nitrogens is 6. The third kappa shape index (κ3) is 9.09. The summed E-state index contributed by atoms with van der Waals surface area (Å²) >= 11 is 0. The smallest absolute Gasteiger partial charge is 0.336 e. The van der Waals surface area contributed by atoms with Crippen LogP contribution in [-0.2, 0) is 16.0 Å². The SMILES string of the molecule is CCCCc1cn([C@@H](CCCCN)C(=O)N2CCN(c3nc(Nc4ccc(-c5c6ccc(=O)cc-6oc6cc(O)ccc56)c(C(=O)O)c4)nc(N4CCOCC4)n3)CC2)nn1. The van der Waals surface area contributed by atoms with Crippen molar-refractivity contribution < 1.29 is 29.0 Å². The molecule has 2 aromatic carbocycles. The van der Waals surface area contributed by atoms with E-state index in [4.69, 9.17) is 29.8 Å². The highest BCUT2D eigenvalue weighted by Gasteiger charge is 2.31. The number of nitrogens with two attached hydrogens (primary N) is 1. The number of piperazine rings is 1. The van der Waals surface area contributed by atoms with Gasteiger partial charge in [0.15, 0.2) is 5.43 Å². The van der Waals surface area contributed by atoms with E-state index in [0.29, 0.717) is 111 Å². The Kier molecular flexibility index (Phi) is 12.3. The molecule has 1 atom stereocenters. The zero-order valence-electron chi connectivity index (χ0n) is 34.0. The number of phenolic OH excluding ortho intramolecular Hbond substituents is 1. The van der Waals surface area contributed by atoms with Gasteiger partial charge in [0.25, 0.3) is 0 Å². The fourth-order valence-electron chi connectivity index (χ4n) is 7.88. The first kappa shape index (κ1) is 41.1. The summed E-state index contributed by atoms with van der Waals surface area (Å²) in [6.07, 6.45) is 6.99. The van der Waals surface area contributed by atoms with E-state index >= 15 is 0 Å². The number of ether oxygens (including phenoxy) is 1. The van der Waals surface area contributed by atoms with Crippen LogP contribution in [-0.4, -0.2) is 116 Å². The molecule has 3 aliphatic heterocycles. The zero-order chi connectivity index (χ0) is 42.5. The Bertz CT molecular complexity index is 2550. The summed E-state index contributed by atoms with van der Waals surface area (Å²) in [5.41, 5.74) is 8.55. The molecular weight excluding hydrogens is 783 g/mol. The van der Waals surface area contributed by atoms with E-state index in [1.165, 1.54) is 30.3 Å². The van der Waals surface area contributed by atoms with Crippen molar-refractivity contribution >= 4 is 46.4 Å². The summed E-state index contributed by atoms with van der Waals surface area (Å²) in [7, 11) is 0. The molecule has 4 aromatic rings. The quantitative estimate of drug-likeness (QED) is 0.0812. The van der Waals surface area contributed by atoms with Crippen LogP contribution in [0.15, 0.2) is 70.0 Å². The van der Waals surface area contributed by atoms with Gasteiger partial charge in [0, 0.05) is 79.8 Å². The Labute approximate surface area is 351 Å². The molecule has 8 rings (SSSR count). The number of hydrogen-bond donors (Lipinski definition) is 4. The molecule has 0 bridgehead atoms. The van der Waals surface area contributed by atoms with Gasteiger partial charge >= 0.3 is 5.97 Å². The number of fused-ring (bicyclic) bond motifs is 2. The van der Waals surface area contributed by atoms with Crippen molar-refractivity contribution in [2.75, 3.05) is 74.1 Å². The number of carbonyl (C=O) groups is 2. The fraction of sp³-hybridized carbons (Fsp3) is 0.395. The Morgan fingerprint density at radius 1 is 0.885 bits per heavy atom. The number of morpholine rings is 1. The normalized spacial score (nSPS) is 15.1. The van der Waals surface area contributed by atoms with Crippen molar-refractivity contribution in [2.24, 2.45) is 5.73 Å². The second-order valence-electron chi connectivity index (χ2n) is 15.3. The number of amides is 1. The van der Waals surface area contributed by atoms with Crippen LogP contribution in [0.2, 0.25) is 0 Å². The van der Waals surface area contributed by atoms with E-state index in [1.807, 2.05) is 20.9 Å². The average molecular weight is 832 g/mol. The standard InChI is InChI=1S/C43H49N11O7/c1-2-3-6-28-26-54(50-49-28)35(7-4-5-14-44)39(57)51-15-17-52(18-16-51)42-46-41(47-43(48-42)53-19-21-60-22-20-53)45-27-8-11-31(34(23-27)40(58)59)38-32-12-9-29(55)24-36(32)61-37-25-30(56)10-13-33(37)38/h8-13,23-26,35,55H,2-7,14-22,44H2,1H3,(H,58,59)(H,45,46,47,48)/t35-/m0/s1. The molecule has 2 fully saturated rings. The molecule has 2 aromatic heterocycles. The van der Waals surface area contributed by atoms with E-state index in [-0.39, 0.29) is 34.4 Å². The molecule has 1 aliphatic carbocycles. The number of unbranched alkanes of at least 4 members (excludes halogenated alkanes) is 2. The van der Waals surface area contributed by atoms with Crippen LogP contribution in [0.5, 0.6) is 5.75 Å². The largest absolute Gasteiger partial charge is 0.508 e. The lowest BCUT2D eigenvalue weighted by molar-refractivity contribution is -0.135. The van der Waals surface area contributed by atoms with Gasteiger partial charge in [0.05, 0.1) is 24.5 Å². The number of nitrogens with zero attached hydrogens (tertiary/aromatic N) is 9. The van der Waals surface area contributed by atoms with Gasteiger partial charge in [-0.05, 0) is 80.6 Å². The highest BCUT2D eigenvalue weighted by Crippen LogP contribution is 2.42. The second kappa shape index (κ2) is 18.3. The summed E-state index contributed by atoms with van der Waals surface area (Å²) in [4.78, 5) is 59.7. The first-order valence-electron chi connectivity index (χ1n) is 20.8. The summed E-state index contributed by atoms with van der Waals surface area (Å²) in [6, 6.07) is 13.4. The molecule has 5 N–H and O–H groups in total. The van der Waals surface area contributed by atoms with Crippen molar-refractivity contribution in [1.82, 2.24) is 34.8 Å². The summed E-state index contributed by atoms with van der Waals surface area (Å²) in [5, 5.41) is 33.3. The van der Waals surface area contributed by atoms with Crippen LogP contribution >= 0.6 is 0 Å². The number of aromatic hydroxyl groups is 1. The van der Waals surface area contributed by atoms with Crippen molar-refractivity contribution in [3.05, 3.63) is 82.3 Å². The maximum Gasteiger partial charge on any atom is 0.336 e. The Morgan fingerprint density at radius 2 is 1.64 bits per heavy atom. The number of rotatable bonds is 15. The number of carbonyl (C=O) groups excluding carboxylic acids is 1. The first-order chi connectivity index (χ1) is 29.7. The van der Waals surface area contributed by atoms with Crippen LogP contribution < -0.4 is 26.3 Å². The minimum absolute atomic E-state index is 0.00695. The van der Waals surface area contributed by atoms with E-state index < -0.39 is 12.0 Å². The maximum absolute atomic E-state index is 14.1. The van der Waals surface area contributed by atoms with Crippen molar-refractivity contribution in [2.45, 2.75) is 51.5 Å². The average Bonchev–Trinajstić information content (AvgIpc) is 3.75. The van der Waals surface area contributed by atoms with Gasteiger partial charge in [-0.25, -0.2) is 9.48 Å². The number of carboxylic acids is 1. The van der Waals surface area contributed by atoms with Gasteiger partial charge in [-0.3, -0.25) is 9.59 Å². The van der Waals surface area contributed by atoms with Gasteiger partial charge < -0.3 is 45.1 Å². The van der Waals surface area contributed by atoms with Gasteiger partial charge in [-0.1, -0.05) is 24.6 Å². The van der Waals surface area contributed by atoms with Crippen molar-refractivity contribution in [3.63, 3.8) is 0 Å². The van der Waals surface area contributed by atoms with Gasteiger partial charge in [-0.2, -0.15) is 15.0 Å². The number of benzene rings is 3. The second-order valence-corrected chi connectivity index (χ2v) is 15.3. The number of phenols is 1. The Hall–Kier alpha value is -6.66. The van der Waals surface area contributed by atoms with E-state index in [0.717, 1.165) is 37.8 Å². The number of anilines is 4. The van der Waals surface area contributed by atoms with E-state index in [1.54, 1.807) is 28.9 Å². The molecule has 2 saturated heterocycles. The summed E-state index contributed by atoms with van der Waals surface area (Å²) in [5.74, 6) is 0.112. The van der Waals surface area contributed by atoms with E-state index in [9.17, 15) is 24.6 Å². The number of nitrogens with one attached hydrogen (secondary N) is 1. The summed E-state index contributed by atoms with van der Waals surface area (Å²) < 4.78 is 13.3.